The minimum absolute atomic E-state index is 0.0458. The van der Waals surface area contributed by atoms with Gasteiger partial charge >= 0.3 is 0 Å². The molecule has 0 amide bonds. The van der Waals surface area contributed by atoms with Gasteiger partial charge in [0.1, 0.15) is 0 Å². The second kappa shape index (κ2) is 5.82. The van der Waals surface area contributed by atoms with Gasteiger partial charge in [-0.05, 0) is 35.7 Å². The lowest BCUT2D eigenvalue weighted by Crippen LogP contribution is -1.98. The molecule has 2 aromatic heterocycles. The molecule has 109 valence electrons. The van der Waals surface area contributed by atoms with E-state index in [1.54, 1.807) is 6.07 Å². The normalized spacial score (nSPS) is 10.6. The largest absolute Gasteiger partial charge is 0.279 e. The van der Waals surface area contributed by atoms with Crippen molar-refractivity contribution in [2.24, 2.45) is 0 Å². The van der Waals surface area contributed by atoms with Crippen molar-refractivity contribution in [1.82, 2.24) is 9.97 Å². The van der Waals surface area contributed by atoms with Crippen molar-refractivity contribution >= 4 is 28.6 Å². The predicted molar refractivity (Wildman–Crippen MR) is 86.9 cm³/mol. The van der Waals surface area contributed by atoms with Gasteiger partial charge in [0, 0.05) is 23.8 Å². The SMILES string of the molecule is [CH2]c1c(-c2csc(Cl)c2)ccc([N+](=O)[O-])c1-c1cnccn1. The Morgan fingerprint density at radius 2 is 2.14 bits per heavy atom. The number of thiophene rings is 1. The summed E-state index contributed by atoms with van der Waals surface area (Å²) in [5, 5.41) is 13.2. The molecule has 0 N–H and O–H groups in total. The van der Waals surface area contributed by atoms with Crippen molar-refractivity contribution in [2.75, 3.05) is 0 Å². The summed E-state index contributed by atoms with van der Waals surface area (Å²) in [5.41, 5.74) is 2.94. The zero-order valence-corrected chi connectivity index (χ0v) is 12.8. The molecule has 3 rings (SSSR count). The fourth-order valence-corrected chi connectivity index (χ4v) is 3.10. The lowest BCUT2D eigenvalue weighted by atomic mass is 9.95. The number of aromatic nitrogens is 2. The third-order valence-electron chi connectivity index (χ3n) is 3.19. The van der Waals surface area contributed by atoms with Crippen molar-refractivity contribution in [3.63, 3.8) is 0 Å². The fraction of sp³-hybridized carbons (Fsp3) is 0. The van der Waals surface area contributed by atoms with Gasteiger partial charge in [-0.2, -0.15) is 0 Å². The minimum atomic E-state index is -0.441. The lowest BCUT2D eigenvalue weighted by Gasteiger charge is -2.10. The average Bonchev–Trinajstić information content (AvgIpc) is 2.94. The van der Waals surface area contributed by atoms with E-state index in [0.29, 0.717) is 21.2 Å². The highest BCUT2D eigenvalue weighted by Crippen LogP contribution is 2.39. The van der Waals surface area contributed by atoms with Crippen LogP contribution < -0.4 is 0 Å². The molecule has 0 aliphatic heterocycles. The van der Waals surface area contributed by atoms with Crippen molar-refractivity contribution in [3.05, 3.63) is 69.1 Å². The zero-order valence-electron chi connectivity index (χ0n) is 11.2. The molecular formula is C15H9ClN3O2S. The second-order valence-electron chi connectivity index (χ2n) is 4.47. The maximum atomic E-state index is 11.3. The summed E-state index contributed by atoms with van der Waals surface area (Å²) in [4.78, 5) is 19.0. The summed E-state index contributed by atoms with van der Waals surface area (Å²) >= 11 is 7.36. The van der Waals surface area contributed by atoms with Crippen LogP contribution in [-0.4, -0.2) is 14.9 Å². The predicted octanol–water partition coefficient (Wildman–Crippen LogP) is 4.62. The molecule has 0 unspecified atom stereocenters. The third kappa shape index (κ3) is 2.58. The molecule has 0 fully saturated rings. The Hall–Kier alpha value is -2.31. The van der Waals surface area contributed by atoms with Crippen LogP contribution in [0.1, 0.15) is 5.56 Å². The number of nitrogens with zero attached hydrogens (tertiary/aromatic N) is 3. The van der Waals surface area contributed by atoms with Gasteiger partial charge in [0.25, 0.3) is 5.69 Å². The van der Waals surface area contributed by atoms with Crippen LogP contribution in [0.2, 0.25) is 4.34 Å². The first-order valence-electron chi connectivity index (χ1n) is 6.22. The molecule has 3 aromatic rings. The highest BCUT2D eigenvalue weighted by molar-refractivity contribution is 7.14. The van der Waals surface area contributed by atoms with Gasteiger partial charge in [0.15, 0.2) is 0 Å². The van der Waals surface area contributed by atoms with E-state index in [0.717, 1.165) is 11.1 Å². The molecule has 22 heavy (non-hydrogen) atoms. The lowest BCUT2D eigenvalue weighted by molar-refractivity contribution is -0.384. The summed E-state index contributed by atoms with van der Waals surface area (Å²) in [6.07, 6.45) is 4.49. The zero-order chi connectivity index (χ0) is 15.7. The number of nitro groups is 1. The maximum absolute atomic E-state index is 11.3. The highest BCUT2D eigenvalue weighted by Gasteiger charge is 2.22. The molecule has 0 saturated heterocycles. The molecule has 1 aromatic carbocycles. The Morgan fingerprint density at radius 3 is 2.73 bits per heavy atom. The molecule has 0 aliphatic carbocycles. The van der Waals surface area contributed by atoms with E-state index in [1.807, 2.05) is 11.4 Å². The van der Waals surface area contributed by atoms with E-state index in [9.17, 15) is 10.1 Å². The standard InChI is InChI=1S/C15H9ClN3O2S/c1-9-11(10-6-14(16)22-8-10)2-3-13(19(20)21)15(9)12-7-17-4-5-18-12/h2-8H,1H2. The van der Waals surface area contributed by atoms with Gasteiger partial charge in [0.2, 0.25) is 0 Å². The maximum Gasteiger partial charge on any atom is 0.279 e. The van der Waals surface area contributed by atoms with Gasteiger partial charge in [-0.1, -0.05) is 11.6 Å². The van der Waals surface area contributed by atoms with Crippen molar-refractivity contribution in [3.8, 4) is 22.4 Å². The van der Waals surface area contributed by atoms with E-state index in [-0.39, 0.29) is 5.69 Å². The van der Waals surface area contributed by atoms with Crippen LogP contribution in [0.25, 0.3) is 22.4 Å². The van der Waals surface area contributed by atoms with Crippen LogP contribution in [0.3, 0.4) is 0 Å². The second-order valence-corrected chi connectivity index (χ2v) is 6.02. The number of halogens is 1. The van der Waals surface area contributed by atoms with Crippen LogP contribution >= 0.6 is 22.9 Å². The summed E-state index contributed by atoms with van der Waals surface area (Å²) in [6, 6.07) is 4.95. The van der Waals surface area contributed by atoms with Crippen LogP contribution in [0, 0.1) is 17.0 Å². The van der Waals surface area contributed by atoms with Crippen LogP contribution in [0.5, 0.6) is 0 Å². The minimum Gasteiger partial charge on any atom is -0.261 e. The van der Waals surface area contributed by atoms with Gasteiger partial charge in [0.05, 0.1) is 26.7 Å². The Balaban J connectivity index is 2.27. The van der Waals surface area contributed by atoms with E-state index >= 15 is 0 Å². The summed E-state index contributed by atoms with van der Waals surface area (Å²) < 4.78 is 0.647. The van der Waals surface area contributed by atoms with E-state index < -0.39 is 4.92 Å². The van der Waals surface area contributed by atoms with Gasteiger partial charge in [-0.3, -0.25) is 20.1 Å². The molecule has 1 radical (unpaired) electrons. The molecule has 0 aliphatic rings. The number of hydrogen-bond donors (Lipinski definition) is 0. The van der Waals surface area contributed by atoms with E-state index in [2.05, 4.69) is 16.9 Å². The van der Waals surface area contributed by atoms with Gasteiger partial charge in [-0.15, -0.1) is 11.3 Å². The monoisotopic (exact) mass is 330 g/mol. The molecule has 7 heteroatoms. The molecule has 2 heterocycles. The van der Waals surface area contributed by atoms with Crippen LogP contribution in [0.15, 0.2) is 42.2 Å². The molecule has 0 saturated carbocycles. The topological polar surface area (TPSA) is 68.9 Å². The van der Waals surface area contributed by atoms with E-state index in [4.69, 9.17) is 11.6 Å². The summed E-state index contributed by atoms with van der Waals surface area (Å²) in [6.45, 7) is 4.01. The molecule has 0 spiro atoms. The Labute approximate surface area is 135 Å². The quantitative estimate of drug-likeness (QED) is 0.519. The van der Waals surface area contributed by atoms with E-state index in [1.165, 1.54) is 36.0 Å². The number of hydrogen-bond acceptors (Lipinski definition) is 5. The van der Waals surface area contributed by atoms with Crippen molar-refractivity contribution in [1.29, 1.82) is 0 Å². The fourth-order valence-electron chi connectivity index (χ4n) is 2.22. The smallest absolute Gasteiger partial charge is 0.261 e. The number of rotatable bonds is 3. The molecule has 0 atom stereocenters. The van der Waals surface area contributed by atoms with Gasteiger partial charge < -0.3 is 0 Å². The average molecular weight is 331 g/mol. The molecule has 0 bridgehead atoms. The molecule has 5 nitrogen and oxygen atoms in total. The van der Waals surface area contributed by atoms with Gasteiger partial charge in [-0.25, -0.2) is 0 Å². The first kappa shape index (κ1) is 14.6. The first-order valence-corrected chi connectivity index (χ1v) is 7.48. The summed E-state index contributed by atoms with van der Waals surface area (Å²) in [7, 11) is 0. The Bertz CT molecular complexity index is 849. The summed E-state index contributed by atoms with van der Waals surface area (Å²) in [5.74, 6) is 0. The Kier molecular flexibility index (Phi) is 3.87. The van der Waals surface area contributed by atoms with Crippen LogP contribution in [-0.2, 0) is 0 Å². The van der Waals surface area contributed by atoms with Crippen LogP contribution in [0.4, 0.5) is 5.69 Å². The van der Waals surface area contributed by atoms with Crippen molar-refractivity contribution < 1.29 is 4.92 Å². The number of benzene rings is 1. The first-order chi connectivity index (χ1) is 10.6. The highest BCUT2D eigenvalue weighted by atomic mass is 35.5. The van der Waals surface area contributed by atoms with Crippen molar-refractivity contribution in [2.45, 2.75) is 0 Å². The Morgan fingerprint density at radius 1 is 1.32 bits per heavy atom. The third-order valence-corrected chi connectivity index (χ3v) is 4.28. The number of nitro benzene ring substituents is 1. The molecular weight excluding hydrogens is 322 g/mol.